The standard InChI is InChI=1S/C19H16ClN5O/c1-26-18-5-3-2-4-17(18)25-19(12-6-8-13(20)9-7-12)15-10-14(22-24-21)11-16(15)23-25/h2-9,14H,10-11H2,1H3. The van der Waals surface area contributed by atoms with Crippen LogP contribution < -0.4 is 4.74 Å². The van der Waals surface area contributed by atoms with Crippen LogP contribution in [-0.4, -0.2) is 22.9 Å². The van der Waals surface area contributed by atoms with Crippen molar-refractivity contribution in [2.75, 3.05) is 7.11 Å². The van der Waals surface area contributed by atoms with Crippen molar-refractivity contribution in [3.8, 4) is 22.7 Å². The minimum Gasteiger partial charge on any atom is -0.494 e. The number of methoxy groups -OCH3 is 1. The van der Waals surface area contributed by atoms with Gasteiger partial charge in [0.25, 0.3) is 0 Å². The first-order valence-electron chi connectivity index (χ1n) is 8.25. The van der Waals surface area contributed by atoms with E-state index < -0.39 is 0 Å². The fourth-order valence-electron chi connectivity index (χ4n) is 3.44. The number of benzene rings is 2. The second-order valence-corrected chi connectivity index (χ2v) is 6.57. The van der Waals surface area contributed by atoms with Crippen LogP contribution in [0.5, 0.6) is 5.75 Å². The molecule has 1 heterocycles. The van der Waals surface area contributed by atoms with Gasteiger partial charge in [-0.3, -0.25) is 0 Å². The number of fused-ring (bicyclic) bond motifs is 1. The van der Waals surface area contributed by atoms with Crippen molar-refractivity contribution in [2.24, 2.45) is 5.11 Å². The number of rotatable bonds is 4. The lowest BCUT2D eigenvalue weighted by Crippen LogP contribution is -2.08. The molecule has 1 aliphatic carbocycles. The maximum absolute atomic E-state index is 8.76. The zero-order valence-electron chi connectivity index (χ0n) is 14.1. The van der Waals surface area contributed by atoms with Crippen LogP contribution >= 0.6 is 11.6 Å². The summed E-state index contributed by atoms with van der Waals surface area (Å²) in [7, 11) is 1.65. The summed E-state index contributed by atoms with van der Waals surface area (Å²) in [6.07, 6.45) is 1.31. The molecule has 0 bridgehead atoms. The summed E-state index contributed by atoms with van der Waals surface area (Å²) in [5.74, 6) is 0.746. The molecule has 1 atom stereocenters. The molecule has 7 heteroatoms. The van der Waals surface area contributed by atoms with Gasteiger partial charge in [0.2, 0.25) is 0 Å². The highest BCUT2D eigenvalue weighted by molar-refractivity contribution is 6.30. The van der Waals surface area contributed by atoms with E-state index in [1.807, 2.05) is 53.2 Å². The van der Waals surface area contributed by atoms with Gasteiger partial charge in [-0.05, 0) is 36.2 Å². The van der Waals surface area contributed by atoms with Gasteiger partial charge in [0.05, 0.1) is 18.5 Å². The lowest BCUT2D eigenvalue weighted by molar-refractivity contribution is 0.411. The van der Waals surface area contributed by atoms with Crippen LogP contribution in [0.4, 0.5) is 0 Å². The van der Waals surface area contributed by atoms with Gasteiger partial charge in [-0.15, -0.1) is 0 Å². The van der Waals surface area contributed by atoms with Gasteiger partial charge in [0.15, 0.2) is 0 Å². The van der Waals surface area contributed by atoms with Crippen LogP contribution in [-0.2, 0) is 12.8 Å². The van der Waals surface area contributed by atoms with Gasteiger partial charge >= 0.3 is 0 Å². The topological polar surface area (TPSA) is 75.8 Å². The third kappa shape index (κ3) is 2.79. The van der Waals surface area contributed by atoms with Crippen molar-refractivity contribution in [3.05, 3.63) is 75.3 Å². The van der Waals surface area contributed by atoms with E-state index in [4.69, 9.17) is 27.0 Å². The average Bonchev–Trinajstić information content (AvgIpc) is 3.20. The molecule has 0 N–H and O–H groups in total. The summed E-state index contributed by atoms with van der Waals surface area (Å²) in [5.41, 5.74) is 13.7. The third-order valence-corrected chi connectivity index (χ3v) is 4.83. The van der Waals surface area contributed by atoms with E-state index in [-0.39, 0.29) is 6.04 Å². The quantitative estimate of drug-likeness (QED) is 0.371. The van der Waals surface area contributed by atoms with E-state index in [1.165, 1.54) is 0 Å². The molecule has 26 heavy (non-hydrogen) atoms. The Balaban J connectivity index is 1.92. The van der Waals surface area contributed by atoms with Gasteiger partial charge in [-0.1, -0.05) is 41.0 Å². The molecule has 2 aromatic carbocycles. The van der Waals surface area contributed by atoms with E-state index >= 15 is 0 Å². The molecule has 0 saturated carbocycles. The van der Waals surface area contributed by atoms with Crippen molar-refractivity contribution < 1.29 is 4.74 Å². The highest BCUT2D eigenvalue weighted by atomic mass is 35.5. The fourth-order valence-corrected chi connectivity index (χ4v) is 3.57. The van der Waals surface area contributed by atoms with Crippen LogP contribution in [0.3, 0.4) is 0 Å². The maximum Gasteiger partial charge on any atom is 0.144 e. The first-order chi connectivity index (χ1) is 12.7. The van der Waals surface area contributed by atoms with Crippen LogP contribution in [0.2, 0.25) is 5.02 Å². The Labute approximate surface area is 155 Å². The van der Waals surface area contributed by atoms with Crippen LogP contribution in [0, 0.1) is 0 Å². The number of nitrogens with zero attached hydrogens (tertiary/aromatic N) is 5. The highest BCUT2D eigenvalue weighted by Crippen LogP contribution is 2.37. The Kier molecular flexibility index (Phi) is 4.29. The second-order valence-electron chi connectivity index (χ2n) is 6.13. The van der Waals surface area contributed by atoms with Crippen molar-refractivity contribution in [1.82, 2.24) is 9.78 Å². The van der Waals surface area contributed by atoms with Gasteiger partial charge in [0.1, 0.15) is 11.4 Å². The van der Waals surface area contributed by atoms with Crippen LogP contribution in [0.25, 0.3) is 27.4 Å². The van der Waals surface area contributed by atoms with Gasteiger partial charge in [-0.25, -0.2) is 4.68 Å². The van der Waals surface area contributed by atoms with E-state index in [2.05, 4.69) is 10.0 Å². The zero-order chi connectivity index (χ0) is 18.1. The minimum atomic E-state index is -0.0872. The molecule has 3 aromatic rings. The fraction of sp³-hybridized carbons (Fsp3) is 0.211. The molecule has 0 aliphatic heterocycles. The predicted molar refractivity (Wildman–Crippen MR) is 101 cm³/mol. The van der Waals surface area contributed by atoms with Gasteiger partial charge < -0.3 is 4.74 Å². The van der Waals surface area contributed by atoms with Crippen molar-refractivity contribution in [2.45, 2.75) is 18.9 Å². The SMILES string of the molecule is COc1ccccc1-n1nc2c(c1-c1ccc(Cl)cc1)CC(N=[N+]=[N-])C2. The minimum absolute atomic E-state index is 0.0872. The first-order valence-corrected chi connectivity index (χ1v) is 8.63. The number of hydrogen-bond acceptors (Lipinski definition) is 3. The summed E-state index contributed by atoms with van der Waals surface area (Å²) < 4.78 is 7.44. The molecule has 1 aliphatic rings. The molecule has 0 amide bonds. The third-order valence-electron chi connectivity index (χ3n) is 4.58. The van der Waals surface area contributed by atoms with E-state index in [1.54, 1.807) is 7.11 Å². The van der Waals surface area contributed by atoms with E-state index in [9.17, 15) is 0 Å². The van der Waals surface area contributed by atoms with Crippen LogP contribution in [0.15, 0.2) is 53.6 Å². The smallest absolute Gasteiger partial charge is 0.144 e. The number of aromatic nitrogens is 2. The molecule has 1 unspecified atom stereocenters. The lowest BCUT2D eigenvalue weighted by atomic mass is 10.1. The summed E-state index contributed by atoms with van der Waals surface area (Å²) in [6, 6.07) is 15.4. The normalized spacial score (nSPS) is 15.4. The summed E-state index contributed by atoms with van der Waals surface area (Å²) in [4.78, 5) is 2.96. The molecule has 0 spiro atoms. The maximum atomic E-state index is 8.76. The Bertz CT molecular complexity index is 1010. The Morgan fingerprint density at radius 1 is 1.19 bits per heavy atom. The zero-order valence-corrected chi connectivity index (χ0v) is 14.9. The lowest BCUT2D eigenvalue weighted by Gasteiger charge is -2.14. The first kappa shape index (κ1) is 16.5. The molecule has 0 radical (unpaired) electrons. The van der Waals surface area contributed by atoms with Crippen molar-refractivity contribution >= 4 is 11.6 Å². The van der Waals surface area contributed by atoms with Crippen molar-refractivity contribution in [3.63, 3.8) is 0 Å². The number of hydrogen-bond donors (Lipinski definition) is 0. The van der Waals surface area contributed by atoms with E-state index in [0.29, 0.717) is 17.9 Å². The Morgan fingerprint density at radius 3 is 2.69 bits per heavy atom. The van der Waals surface area contributed by atoms with E-state index in [0.717, 1.165) is 34.0 Å². The van der Waals surface area contributed by atoms with Gasteiger partial charge in [0, 0.05) is 33.5 Å². The molecule has 130 valence electrons. The molecule has 4 rings (SSSR count). The predicted octanol–water partition coefficient (Wildman–Crippen LogP) is 4.98. The number of para-hydroxylation sites is 2. The molecule has 0 fully saturated rings. The number of ether oxygens (including phenoxy) is 1. The molecular formula is C19H16ClN5O. The highest BCUT2D eigenvalue weighted by Gasteiger charge is 2.30. The summed E-state index contributed by atoms with van der Waals surface area (Å²) >= 11 is 6.06. The monoisotopic (exact) mass is 365 g/mol. The summed E-state index contributed by atoms with van der Waals surface area (Å²) in [6.45, 7) is 0. The van der Waals surface area contributed by atoms with Gasteiger partial charge in [-0.2, -0.15) is 5.10 Å². The molecule has 1 aromatic heterocycles. The average molecular weight is 366 g/mol. The largest absolute Gasteiger partial charge is 0.494 e. The Hall–Kier alpha value is -2.95. The number of azide groups is 1. The van der Waals surface area contributed by atoms with Crippen molar-refractivity contribution in [1.29, 1.82) is 0 Å². The number of halogens is 1. The van der Waals surface area contributed by atoms with Crippen LogP contribution in [0.1, 0.15) is 11.3 Å². The summed E-state index contributed by atoms with van der Waals surface area (Å²) in [5, 5.41) is 9.38. The molecule has 6 nitrogen and oxygen atoms in total. The molecule has 0 saturated heterocycles. The molecular weight excluding hydrogens is 350 g/mol. The Morgan fingerprint density at radius 2 is 1.96 bits per heavy atom. The second kappa shape index (κ2) is 6.75.